The number of phenolic OH excluding ortho intramolecular Hbond substituents is 1. The standard InChI is InChI=1S/C29H38N6O4/c1-17(2)22-14-23(24(36)15-25(22)39-5)27-32-33-28(29(38)31-18(3)4)35(27)21-8-6-19(7-9-21)16-34-12-10-20(11-13-34)26(30)37/h6-9,14-15,17-18,20,36H,10-13,16H2,1-5H3,(H2,30,37)(H,31,38). The summed E-state index contributed by atoms with van der Waals surface area (Å²) in [6.07, 6.45) is 1.55. The second kappa shape index (κ2) is 11.9. The summed E-state index contributed by atoms with van der Waals surface area (Å²) in [5.41, 5.74) is 8.63. The first-order valence-electron chi connectivity index (χ1n) is 13.4. The van der Waals surface area contributed by atoms with Crippen molar-refractivity contribution in [2.24, 2.45) is 11.7 Å². The summed E-state index contributed by atoms with van der Waals surface area (Å²) in [4.78, 5) is 26.9. The Morgan fingerprint density at radius 2 is 1.77 bits per heavy atom. The number of nitrogens with one attached hydrogen (secondary N) is 1. The number of carbonyl (C=O) groups excluding carboxylic acids is 2. The van der Waals surface area contributed by atoms with Crippen LogP contribution >= 0.6 is 0 Å². The van der Waals surface area contributed by atoms with Crippen LogP contribution in [0.3, 0.4) is 0 Å². The number of piperidine rings is 1. The first-order chi connectivity index (χ1) is 18.6. The highest BCUT2D eigenvalue weighted by molar-refractivity contribution is 5.92. The number of nitrogens with two attached hydrogens (primary N) is 1. The van der Waals surface area contributed by atoms with Gasteiger partial charge in [0.15, 0.2) is 5.82 Å². The van der Waals surface area contributed by atoms with Crippen molar-refractivity contribution in [1.82, 2.24) is 25.0 Å². The summed E-state index contributed by atoms with van der Waals surface area (Å²) in [5, 5.41) is 22.4. The van der Waals surface area contributed by atoms with Crippen molar-refractivity contribution in [3.8, 4) is 28.6 Å². The van der Waals surface area contributed by atoms with Gasteiger partial charge < -0.3 is 20.9 Å². The molecule has 0 saturated carbocycles. The van der Waals surface area contributed by atoms with Gasteiger partial charge in [-0.05, 0) is 75.0 Å². The van der Waals surface area contributed by atoms with E-state index in [0.29, 0.717) is 22.8 Å². The molecule has 2 aromatic carbocycles. The molecule has 10 heteroatoms. The zero-order chi connectivity index (χ0) is 28.3. The highest BCUT2D eigenvalue weighted by atomic mass is 16.5. The molecule has 1 fully saturated rings. The van der Waals surface area contributed by atoms with Crippen molar-refractivity contribution in [2.45, 2.75) is 59.0 Å². The van der Waals surface area contributed by atoms with Gasteiger partial charge >= 0.3 is 0 Å². The largest absolute Gasteiger partial charge is 0.507 e. The molecular formula is C29H38N6O4. The van der Waals surface area contributed by atoms with E-state index in [0.717, 1.165) is 43.6 Å². The lowest BCUT2D eigenvalue weighted by Gasteiger charge is -2.30. The van der Waals surface area contributed by atoms with Crippen molar-refractivity contribution in [3.63, 3.8) is 0 Å². The maximum absolute atomic E-state index is 13.1. The van der Waals surface area contributed by atoms with Gasteiger partial charge in [-0.15, -0.1) is 10.2 Å². The van der Waals surface area contributed by atoms with Gasteiger partial charge in [0.2, 0.25) is 11.7 Å². The number of hydrogen-bond acceptors (Lipinski definition) is 7. The zero-order valence-corrected chi connectivity index (χ0v) is 23.3. The Morgan fingerprint density at radius 3 is 2.33 bits per heavy atom. The topological polar surface area (TPSA) is 136 Å². The number of rotatable bonds is 9. The number of likely N-dealkylation sites (tertiary alicyclic amines) is 1. The number of benzene rings is 2. The SMILES string of the molecule is COc1cc(O)c(-c2nnc(C(=O)NC(C)C)n2-c2ccc(CN3CCC(C(N)=O)CC3)cc2)cc1C(C)C. The summed E-state index contributed by atoms with van der Waals surface area (Å²) in [7, 11) is 1.57. The van der Waals surface area contributed by atoms with Gasteiger partial charge in [-0.3, -0.25) is 19.1 Å². The third kappa shape index (κ3) is 6.22. The summed E-state index contributed by atoms with van der Waals surface area (Å²) < 4.78 is 7.15. The number of aromatic nitrogens is 3. The third-order valence-corrected chi connectivity index (χ3v) is 7.09. The predicted octanol–water partition coefficient (Wildman–Crippen LogP) is 3.61. The van der Waals surface area contributed by atoms with Gasteiger partial charge in [-0.2, -0.15) is 0 Å². The minimum absolute atomic E-state index is 0.0169. The Bertz CT molecular complexity index is 1320. The lowest BCUT2D eigenvalue weighted by atomic mass is 9.96. The maximum Gasteiger partial charge on any atom is 0.289 e. The molecule has 1 aliphatic heterocycles. The normalized spacial score (nSPS) is 14.6. The molecule has 0 bridgehead atoms. The van der Waals surface area contributed by atoms with Gasteiger partial charge in [-0.1, -0.05) is 26.0 Å². The zero-order valence-electron chi connectivity index (χ0n) is 23.3. The summed E-state index contributed by atoms with van der Waals surface area (Å²) in [6.45, 7) is 10.2. The van der Waals surface area contributed by atoms with Crippen molar-refractivity contribution in [1.29, 1.82) is 0 Å². The van der Waals surface area contributed by atoms with Crippen LogP contribution in [0.2, 0.25) is 0 Å². The van der Waals surface area contributed by atoms with E-state index < -0.39 is 0 Å². The van der Waals surface area contributed by atoms with Crippen LogP contribution in [-0.2, 0) is 11.3 Å². The quantitative estimate of drug-likeness (QED) is 0.382. The number of aromatic hydroxyl groups is 1. The fraction of sp³-hybridized carbons (Fsp3) is 0.448. The number of hydrogen-bond donors (Lipinski definition) is 3. The van der Waals surface area contributed by atoms with Crippen LogP contribution < -0.4 is 15.8 Å². The highest BCUT2D eigenvalue weighted by Crippen LogP contribution is 2.38. The smallest absolute Gasteiger partial charge is 0.289 e. The molecule has 1 aliphatic rings. The van der Waals surface area contributed by atoms with Crippen molar-refractivity contribution < 1.29 is 19.4 Å². The lowest BCUT2D eigenvalue weighted by Crippen LogP contribution is -2.38. The van der Waals surface area contributed by atoms with Crippen LogP contribution in [-0.4, -0.2) is 62.8 Å². The van der Waals surface area contributed by atoms with Gasteiger partial charge in [0.05, 0.1) is 12.7 Å². The molecule has 39 heavy (non-hydrogen) atoms. The van der Waals surface area contributed by atoms with E-state index in [9.17, 15) is 14.7 Å². The number of phenols is 1. The van der Waals surface area contributed by atoms with Gasteiger partial charge in [0.25, 0.3) is 5.91 Å². The highest BCUT2D eigenvalue weighted by Gasteiger charge is 2.26. The molecule has 0 atom stereocenters. The van der Waals surface area contributed by atoms with Crippen LogP contribution in [0.4, 0.5) is 0 Å². The second-order valence-electron chi connectivity index (χ2n) is 10.7. The molecule has 3 aromatic rings. The molecule has 4 N–H and O–H groups in total. The van der Waals surface area contributed by atoms with Crippen LogP contribution in [0.15, 0.2) is 36.4 Å². The van der Waals surface area contributed by atoms with Crippen LogP contribution in [0.25, 0.3) is 17.1 Å². The van der Waals surface area contributed by atoms with E-state index in [2.05, 4.69) is 20.4 Å². The number of ether oxygens (including phenoxy) is 1. The van der Waals surface area contributed by atoms with Crippen LogP contribution in [0, 0.1) is 5.92 Å². The molecule has 2 amide bonds. The molecule has 2 heterocycles. The average Bonchev–Trinajstić information content (AvgIpc) is 3.33. The first-order valence-corrected chi connectivity index (χ1v) is 13.4. The number of nitrogens with zero attached hydrogens (tertiary/aromatic N) is 4. The predicted molar refractivity (Wildman–Crippen MR) is 149 cm³/mol. The van der Waals surface area contributed by atoms with Gasteiger partial charge in [0.1, 0.15) is 11.5 Å². The van der Waals surface area contributed by atoms with Gasteiger partial charge in [-0.25, -0.2) is 0 Å². The molecule has 1 saturated heterocycles. The Balaban J connectivity index is 1.70. The third-order valence-electron chi connectivity index (χ3n) is 7.09. The minimum Gasteiger partial charge on any atom is -0.507 e. The average molecular weight is 535 g/mol. The fourth-order valence-corrected chi connectivity index (χ4v) is 4.95. The number of amides is 2. The number of methoxy groups -OCH3 is 1. The Morgan fingerprint density at radius 1 is 1.10 bits per heavy atom. The Kier molecular flexibility index (Phi) is 8.54. The van der Waals surface area contributed by atoms with Crippen molar-refractivity contribution in [3.05, 3.63) is 53.3 Å². The van der Waals surface area contributed by atoms with Crippen molar-refractivity contribution >= 4 is 11.8 Å². The van der Waals surface area contributed by atoms with Crippen LogP contribution in [0.1, 0.15) is 68.2 Å². The maximum atomic E-state index is 13.1. The van der Waals surface area contributed by atoms with E-state index in [1.807, 2.05) is 58.0 Å². The molecule has 0 unspecified atom stereocenters. The van der Waals surface area contributed by atoms with Gasteiger partial charge in [0, 0.05) is 30.3 Å². The number of carbonyl (C=O) groups is 2. The molecule has 208 valence electrons. The number of primary amides is 1. The molecule has 4 rings (SSSR count). The molecule has 0 spiro atoms. The second-order valence-corrected chi connectivity index (χ2v) is 10.7. The molecule has 0 radical (unpaired) electrons. The van der Waals surface area contributed by atoms with E-state index in [-0.39, 0.29) is 41.3 Å². The fourth-order valence-electron chi connectivity index (χ4n) is 4.95. The molecular weight excluding hydrogens is 496 g/mol. The van der Waals surface area contributed by atoms with E-state index in [1.54, 1.807) is 17.7 Å². The van der Waals surface area contributed by atoms with E-state index in [1.165, 1.54) is 0 Å². The summed E-state index contributed by atoms with van der Waals surface area (Å²) in [5.74, 6) is 0.555. The van der Waals surface area contributed by atoms with E-state index in [4.69, 9.17) is 10.5 Å². The van der Waals surface area contributed by atoms with Crippen LogP contribution in [0.5, 0.6) is 11.5 Å². The molecule has 10 nitrogen and oxygen atoms in total. The Hall–Kier alpha value is -3.92. The lowest BCUT2D eigenvalue weighted by molar-refractivity contribution is -0.123. The summed E-state index contributed by atoms with van der Waals surface area (Å²) in [6, 6.07) is 11.2. The van der Waals surface area contributed by atoms with Crippen molar-refractivity contribution in [2.75, 3.05) is 20.2 Å². The summed E-state index contributed by atoms with van der Waals surface area (Å²) >= 11 is 0. The minimum atomic E-state index is -0.359. The molecule has 0 aliphatic carbocycles. The van der Waals surface area contributed by atoms with E-state index >= 15 is 0 Å². The monoisotopic (exact) mass is 534 g/mol. The Labute approximate surface area is 229 Å². The molecule has 1 aromatic heterocycles. The first kappa shape index (κ1) is 28.1.